The third-order valence-corrected chi connectivity index (χ3v) is 4.45. The molecular formula is C19H17F6N5O. The van der Waals surface area contributed by atoms with Crippen molar-refractivity contribution < 1.29 is 26.3 Å². The molecule has 0 aliphatic heterocycles. The van der Waals surface area contributed by atoms with Gasteiger partial charge in [-0.15, -0.1) is 0 Å². The maximum atomic E-state index is 13.1. The van der Waals surface area contributed by atoms with Gasteiger partial charge in [0.25, 0.3) is 0 Å². The summed E-state index contributed by atoms with van der Waals surface area (Å²) >= 11 is 0. The molecule has 0 unspecified atom stereocenters. The molecule has 12 heteroatoms. The van der Waals surface area contributed by atoms with Crippen LogP contribution < -0.4 is 11.0 Å². The molecule has 0 spiro atoms. The van der Waals surface area contributed by atoms with Gasteiger partial charge in [0.1, 0.15) is 0 Å². The topological polar surface area (TPSA) is 64.7 Å². The minimum atomic E-state index is -5.04. The van der Waals surface area contributed by atoms with E-state index in [1.54, 1.807) is 18.2 Å². The van der Waals surface area contributed by atoms with Crippen LogP contribution in [-0.2, 0) is 18.9 Å². The van der Waals surface area contributed by atoms with Crippen LogP contribution in [0.25, 0.3) is 5.69 Å². The summed E-state index contributed by atoms with van der Waals surface area (Å²) in [6.45, 7) is 4.44. The third-order valence-electron chi connectivity index (χ3n) is 4.45. The van der Waals surface area contributed by atoms with E-state index in [9.17, 15) is 31.1 Å². The Bertz CT molecular complexity index is 1110. The van der Waals surface area contributed by atoms with E-state index in [-0.39, 0.29) is 12.6 Å². The van der Waals surface area contributed by atoms with Crippen LogP contribution in [0, 0.1) is 6.92 Å². The molecule has 2 aromatic carbocycles. The first-order valence-electron chi connectivity index (χ1n) is 9.06. The Balaban J connectivity index is 2.00. The zero-order valence-corrected chi connectivity index (χ0v) is 16.3. The second-order valence-electron chi connectivity index (χ2n) is 6.77. The summed E-state index contributed by atoms with van der Waals surface area (Å²) in [6, 6.07) is 6.13. The predicted octanol–water partition coefficient (Wildman–Crippen LogP) is 4.26. The van der Waals surface area contributed by atoms with Gasteiger partial charge in [-0.25, -0.2) is 4.79 Å². The molecule has 0 radical (unpaired) electrons. The Morgan fingerprint density at radius 2 is 1.55 bits per heavy atom. The lowest BCUT2D eigenvalue weighted by atomic mass is 10.1. The van der Waals surface area contributed by atoms with Crippen LogP contribution in [0.4, 0.5) is 32.0 Å². The molecule has 31 heavy (non-hydrogen) atoms. The summed E-state index contributed by atoms with van der Waals surface area (Å²) in [6.07, 6.45) is -10.1. The number of tetrazole rings is 1. The molecule has 1 heterocycles. The first-order chi connectivity index (χ1) is 14.4. The number of nitrogens with zero attached hydrogens (tertiary/aromatic N) is 4. The van der Waals surface area contributed by atoms with E-state index < -0.39 is 34.9 Å². The number of anilines is 1. The van der Waals surface area contributed by atoms with Gasteiger partial charge < -0.3 is 5.32 Å². The number of hydrogen-bond acceptors (Lipinski definition) is 4. The van der Waals surface area contributed by atoms with Gasteiger partial charge in [0, 0.05) is 12.2 Å². The summed E-state index contributed by atoms with van der Waals surface area (Å²) in [5, 5.41) is 10.2. The number of hydrogen-bond donors (Lipinski definition) is 1. The molecule has 0 fully saturated rings. The minimum absolute atomic E-state index is 0.0202. The van der Waals surface area contributed by atoms with E-state index in [1.165, 1.54) is 0 Å². The van der Waals surface area contributed by atoms with Crippen molar-refractivity contribution in [3.8, 4) is 5.69 Å². The Kier molecular flexibility index (Phi) is 5.83. The van der Waals surface area contributed by atoms with Crippen LogP contribution in [0.15, 0.2) is 41.2 Å². The highest BCUT2D eigenvalue weighted by Gasteiger charge is 2.37. The zero-order valence-electron chi connectivity index (χ0n) is 16.3. The number of rotatable bonds is 5. The SMILES string of the molecule is CCNc1ccc(Cn2nnn(-c3cc(C(F)(F)F)cc(C(F)(F)F)c3)c2=O)cc1C. The van der Waals surface area contributed by atoms with Crippen molar-refractivity contribution >= 4 is 5.69 Å². The standard InChI is InChI=1S/C19H17F6N5O/c1-3-26-16-5-4-12(6-11(16)2)10-29-17(31)30(28-27-29)15-8-13(18(20,21)22)7-14(9-15)19(23,24)25/h4-9,26H,3,10H2,1-2H3. The van der Waals surface area contributed by atoms with E-state index in [2.05, 4.69) is 15.7 Å². The summed E-state index contributed by atoms with van der Waals surface area (Å²) < 4.78 is 79.7. The average molecular weight is 445 g/mol. The van der Waals surface area contributed by atoms with Crippen molar-refractivity contribution in [2.24, 2.45) is 0 Å². The number of nitrogens with one attached hydrogen (secondary N) is 1. The highest BCUT2D eigenvalue weighted by molar-refractivity contribution is 5.52. The highest BCUT2D eigenvalue weighted by Crippen LogP contribution is 2.36. The summed E-state index contributed by atoms with van der Waals surface area (Å²) in [7, 11) is 0. The van der Waals surface area contributed by atoms with Crippen molar-refractivity contribution in [1.29, 1.82) is 0 Å². The number of benzene rings is 2. The van der Waals surface area contributed by atoms with Crippen molar-refractivity contribution in [3.63, 3.8) is 0 Å². The lowest BCUT2D eigenvalue weighted by molar-refractivity contribution is -0.143. The van der Waals surface area contributed by atoms with E-state index in [1.807, 2.05) is 13.8 Å². The molecule has 0 aliphatic rings. The van der Waals surface area contributed by atoms with Gasteiger partial charge >= 0.3 is 18.0 Å². The van der Waals surface area contributed by atoms with Crippen molar-refractivity contribution in [2.45, 2.75) is 32.7 Å². The van der Waals surface area contributed by atoms with Crippen molar-refractivity contribution in [2.75, 3.05) is 11.9 Å². The lowest BCUT2D eigenvalue weighted by Crippen LogP contribution is -2.25. The van der Waals surface area contributed by atoms with E-state index in [4.69, 9.17) is 0 Å². The van der Waals surface area contributed by atoms with Crippen LogP contribution in [0.5, 0.6) is 0 Å². The largest absolute Gasteiger partial charge is 0.416 e. The fourth-order valence-electron chi connectivity index (χ4n) is 2.98. The fraction of sp³-hybridized carbons (Fsp3) is 0.316. The molecule has 0 bridgehead atoms. The molecule has 0 aliphatic carbocycles. The van der Waals surface area contributed by atoms with Gasteiger partial charge in [0.05, 0.1) is 23.4 Å². The monoisotopic (exact) mass is 445 g/mol. The number of aryl methyl sites for hydroxylation is 1. The van der Waals surface area contributed by atoms with Gasteiger partial charge in [-0.1, -0.05) is 12.1 Å². The Morgan fingerprint density at radius 3 is 2.06 bits per heavy atom. The molecule has 0 atom stereocenters. The molecule has 1 aromatic heterocycles. The fourth-order valence-corrected chi connectivity index (χ4v) is 2.98. The second-order valence-corrected chi connectivity index (χ2v) is 6.77. The quantitative estimate of drug-likeness (QED) is 0.597. The molecule has 0 amide bonds. The average Bonchev–Trinajstić information content (AvgIpc) is 3.03. The first kappa shape index (κ1) is 22.4. The van der Waals surface area contributed by atoms with Crippen LogP contribution in [0.1, 0.15) is 29.2 Å². The molecule has 0 saturated carbocycles. The van der Waals surface area contributed by atoms with Gasteiger partial charge in [0.15, 0.2) is 0 Å². The number of halogens is 6. The van der Waals surface area contributed by atoms with Crippen LogP contribution in [0.3, 0.4) is 0 Å². The zero-order chi connectivity index (χ0) is 23.0. The van der Waals surface area contributed by atoms with Crippen molar-refractivity contribution in [3.05, 3.63) is 69.1 Å². The van der Waals surface area contributed by atoms with Crippen LogP contribution in [0.2, 0.25) is 0 Å². The molecule has 6 nitrogen and oxygen atoms in total. The van der Waals surface area contributed by atoms with E-state index in [0.717, 1.165) is 15.9 Å². The molecule has 0 saturated heterocycles. The molecule has 3 aromatic rings. The normalized spacial score (nSPS) is 12.3. The molecule has 166 valence electrons. The van der Waals surface area contributed by atoms with Gasteiger partial charge in [-0.05, 0) is 59.7 Å². The Morgan fingerprint density at radius 1 is 0.935 bits per heavy atom. The smallest absolute Gasteiger partial charge is 0.385 e. The number of alkyl halides is 6. The number of aromatic nitrogens is 4. The lowest BCUT2D eigenvalue weighted by Gasteiger charge is -2.13. The maximum Gasteiger partial charge on any atom is 0.416 e. The summed E-state index contributed by atoms with van der Waals surface area (Å²) in [4.78, 5) is 12.6. The van der Waals surface area contributed by atoms with E-state index >= 15 is 0 Å². The van der Waals surface area contributed by atoms with E-state index in [0.29, 0.717) is 28.9 Å². The van der Waals surface area contributed by atoms with Gasteiger partial charge in [-0.3, -0.25) is 0 Å². The molecule has 3 rings (SSSR count). The second kappa shape index (κ2) is 8.08. The summed E-state index contributed by atoms with van der Waals surface area (Å²) in [5.41, 5.74) is -2.30. The Hall–Kier alpha value is -3.31. The molecular weight excluding hydrogens is 428 g/mol. The highest BCUT2D eigenvalue weighted by atomic mass is 19.4. The van der Waals surface area contributed by atoms with Crippen LogP contribution >= 0.6 is 0 Å². The maximum absolute atomic E-state index is 13.1. The molecule has 1 N–H and O–H groups in total. The van der Waals surface area contributed by atoms with Gasteiger partial charge in [-0.2, -0.15) is 35.7 Å². The Labute approximate surface area is 172 Å². The van der Waals surface area contributed by atoms with Gasteiger partial charge in [0.2, 0.25) is 0 Å². The first-order valence-corrected chi connectivity index (χ1v) is 9.06. The summed E-state index contributed by atoms with van der Waals surface area (Å²) in [5.74, 6) is 0. The van der Waals surface area contributed by atoms with Crippen LogP contribution in [-0.4, -0.2) is 26.3 Å². The third kappa shape index (κ3) is 4.89. The van der Waals surface area contributed by atoms with Crippen molar-refractivity contribution in [1.82, 2.24) is 19.8 Å². The predicted molar refractivity (Wildman–Crippen MR) is 100 cm³/mol. The minimum Gasteiger partial charge on any atom is -0.385 e.